The van der Waals surface area contributed by atoms with Crippen molar-refractivity contribution >= 4 is 40.0 Å². The Kier molecular flexibility index (Phi) is 8.31. The van der Waals surface area contributed by atoms with E-state index in [9.17, 15) is 8.42 Å². The Labute approximate surface area is 178 Å². The van der Waals surface area contributed by atoms with Gasteiger partial charge >= 0.3 is 0 Å². The SMILES string of the molecule is CN=C(NCC1CCN(C)C1)N1CCN(S(=O)(=O)Cc2ccon2)CC1.I. The Morgan fingerprint density at radius 2 is 2.07 bits per heavy atom. The van der Waals surface area contributed by atoms with Crippen LogP contribution in [0.3, 0.4) is 0 Å². The molecule has 2 saturated heterocycles. The standard InChI is InChI=1S/C16H28N6O3S.HI/c1-17-16(18-11-14-3-5-20(2)12-14)21-6-8-22(9-7-21)26(23,24)13-15-4-10-25-19-15;/h4,10,14H,3,5-9,11-13H2,1-2H3,(H,17,18);1H. The molecule has 0 radical (unpaired) electrons. The summed E-state index contributed by atoms with van der Waals surface area (Å²) in [5, 5.41) is 7.15. The molecule has 1 aromatic heterocycles. The van der Waals surface area contributed by atoms with Crippen molar-refractivity contribution < 1.29 is 12.9 Å². The van der Waals surface area contributed by atoms with E-state index in [1.807, 2.05) is 0 Å². The van der Waals surface area contributed by atoms with E-state index in [0.29, 0.717) is 37.8 Å². The van der Waals surface area contributed by atoms with Gasteiger partial charge in [-0.25, -0.2) is 8.42 Å². The molecule has 1 atom stereocenters. The number of hydrogen-bond donors (Lipinski definition) is 1. The Balaban J connectivity index is 0.00000261. The number of aliphatic imine (C=N–C) groups is 1. The van der Waals surface area contributed by atoms with E-state index in [4.69, 9.17) is 4.52 Å². The number of rotatable bonds is 5. The molecule has 27 heavy (non-hydrogen) atoms. The van der Waals surface area contributed by atoms with E-state index < -0.39 is 10.0 Å². The largest absolute Gasteiger partial charge is 0.364 e. The lowest BCUT2D eigenvalue weighted by Gasteiger charge is -2.36. The maximum atomic E-state index is 12.5. The quantitative estimate of drug-likeness (QED) is 0.344. The average Bonchev–Trinajstić information content (AvgIpc) is 3.27. The minimum absolute atomic E-state index is 0. The summed E-state index contributed by atoms with van der Waals surface area (Å²) in [7, 11) is 0.546. The molecule has 154 valence electrons. The maximum absolute atomic E-state index is 12.5. The van der Waals surface area contributed by atoms with Crippen molar-refractivity contribution in [3.63, 3.8) is 0 Å². The minimum atomic E-state index is -3.38. The van der Waals surface area contributed by atoms with Crippen LogP contribution in [-0.4, -0.2) is 93.5 Å². The molecule has 1 aromatic rings. The normalized spacial score (nSPS) is 22.7. The molecule has 2 aliphatic rings. The third-order valence-corrected chi connectivity index (χ3v) is 6.82. The zero-order valence-corrected chi connectivity index (χ0v) is 19.0. The van der Waals surface area contributed by atoms with Crippen molar-refractivity contribution in [3.8, 4) is 0 Å². The molecule has 0 amide bonds. The molecule has 9 nitrogen and oxygen atoms in total. The van der Waals surface area contributed by atoms with Crippen LogP contribution in [0.25, 0.3) is 0 Å². The number of piperazine rings is 1. The number of aromatic nitrogens is 1. The third kappa shape index (κ3) is 6.03. The summed E-state index contributed by atoms with van der Waals surface area (Å²) >= 11 is 0. The van der Waals surface area contributed by atoms with Gasteiger partial charge in [-0.15, -0.1) is 24.0 Å². The highest BCUT2D eigenvalue weighted by Crippen LogP contribution is 2.14. The van der Waals surface area contributed by atoms with Gasteiger partial charge in [-0.2, -0.15) is 4.31 Å². The van der Waals surface area contributed by atoms with Gasteiger partial charge in [0.15, 0.2) is 5.96 Å². The van der Waals surface area contributed by atoms with Gasteiger partial charge in [-0.05, 0) is 25.9 Å². The lowest BCUT2D eigenvalue weighted by Crippen LogP contribution is -2.54. The fourth-order valence-electron chi connectivity index (χ4n) is 3.53. The van der Waals surface area contributed by atoms with Crippen LogP contribution >= 0.6 is 24.0 Å². The molecule has 11 heteroatoms. The summed E-state index contributed by atoms with van der Waals surface area (Å²) < 4.78 is 31.3. The van der Waals surface area contributed by atoms with Crippen LogP contribution in [-0.2, 0) is 15.8 Å². The number of nitrogens with one attached hydrogen (secondary N) is 1. The van der Waals surface area contributed by atoms with E-state index in [1.54, 1.807) is 13.1 Å². The molecule has 3 heterocycles. The lowest BCUT2D eigenvalue weighted by molar-refractivity contribution is 0.259. The molecule has 0 aromatic carbocycles. The fourth-order valence-corrected chi connectivity index (χ4v) is 4.95. The van der Waals surface area contributed by atoms with E-state index in [0.717, 1.165) is 25.6 Å². The van der Waals surface area contributed by atoms with Crippen LogP contribution in [0, 0.1) is 5.92 Å². The van der Waals surface area contributed by atoms with Crippen molar-refractivity contribution in [3.05, 3.63) is 18.0 Å². The first kappa shape index (κ1) is 22.4. The smallest absolute Gasteiger partial charge is 0.220 e. The Morgan fingerprint density at radius 1 is 1.33 bits per heavy atom. The van der Waals surface area contributed by atoms with Crippen molar-refractivity contribution in [2.75, 3.05) is 59.9 Å². The van der Waals surface area contributed by atoms with E-state index in [-0.39, 0.29) is 29.7 Å². The van der Waals surface area contributed by atoms with Crippen LogP contribution in [0.5, 0.6) is 0 Å². The van der Waals surface area contributed by atoms with E-state index in [2.05, 4.69) is 32.3 Å². The van der Waals surface area contributed by atoms with Crippen LogP contribution < -0.4 is 5.32 Å². The molecule has 2 fully saturated rings. The highest BCUT2D eigenvalue weighted by atomic mass is 127. The van der Waals surface area contributed by atoms with Gasteiger partial charge in [0, 0.05) is 52.4 Å². The summed E-state index contributed by atoms with van der Waals surface area (Å²) in [4.78, 5) is 8.83. The number of likely N-dealkylation sites (tertiary alicyclic amines) is 1. The summed E-state index contributed by atoms with van der Waals surface area (Å²) in [6, 6.07) is 1.58. The molecule has 1 N–H and O–H groups in total. The highest BCUT2D eigenvalue weighted by Gasteiger charge is 2.29. The van der Waals surface area contributed by atoms with Crippen LogP contribution in [0.15, 0.2) is 21.8 Å². The molecule has 0 bridgehead atoms. The second-order valence-electron chi connectivity index (χ2n) is 6.98. The first-order valence-corrected chi connectivity index (χ1v) is 10.6. The second kappa shape index (κ2) is 10.0. The Hall–Kier alpha value is -0.920. The van der Waals surface area contributed by atoms with Gasteiger partial charge in [0.1, 0.15) is 12.0 Å². The third-order valence-electron chi connectivity index (χ3n) is 5.00. The summed E-state index contributed by atoms with van der Waals surface area (Å²) in [5.74, 6) is 1.38. The molecule has 2 aliphatic heterocycles. The van der Waals surface area contributed by atoms with Gasteiger partial charge in [-0.1, -0.05) is 5.16 Å². The molecule has 0 aliphatic carbocycles. The monoisotopic (exact) mass is 512 g/mol. The van der Waals surface area contributed by atoms with E-state index >= 15 is 0 Å². The number of halogens is 1. The maximum Gasteiger partial charge on any atom is 0.220 e. The minimum Gasteiger partial charge on any atom is -0.364 e. The van der Waals surface area contributed by atoms with Crippen molar-refractivity contribution in [2.24, 2.45) is 10.9 Å². The van der Waals surface area contributed by atoms with Gasteiger partial charge in [0.25, 0.3) is 0 Å². The van der Waals surface area contributed by atoms with Gasteiger partial charge in [-0.3, -0.25) is 4.99 Å². The van der Waals surface area contributed by atoms with Crippen LogP contribution in [0.1, 0.15) is 12.1 Å². The van der Waals surface area contributed by atoms with Gasteiger partial charge in [0.05, 0.1) is 5.69 Å². The molecular weight excluding hydrogens is 483 g/mol. The Bertz CT molecular complexity index is 704. The highest BCUT2D eigenvalue weighted by molar-refractivity contribution is 14.0. The predicted molar refractivity (Wildman–Crippen MR) is 115 cm³/mol. The van der Waals surface area contributed by atoms with Gasteiger partial charge < -0.3 is 19.6 Å². The average molecular weight is 512 g/mol. The molecule has 1 unspecified atom stereocenters. The first-order chi connectivity index (χ1) is 12.5. The summed E-state index contributed by atoms with van der Waals surface area (Å²) in [6.07, 6.45) is 2.59. The number of sulfonamides is 1. The van der Waals surface area contributed by atoms with Crippen molar-refractivity contribution in [1.29, 1.82) is 0 Å². The number of guanidine groups is 1. The topological polar surface area (TPSA) is 94.3 Å². The molecule has 3 rings (SSSR count). The second-order valence-corrected chi connectivity index (χ2v) is 8.95. The molecule has 0 saturated carbocycles. The van der Waals surface area contributed by atoms with Crippen molar-refractivity contribution in [1.82, 2.24) is 24.6 Å². The first-order valence-electron chi connectivity index (χ1n) is 8.99. The zero-order chi connectivity index (χ0) is 18.6. The molecule has 0 spiro atoms. The van der Waals surface area contributed by atoms with E-state index in [1.165, 1.54) is 17.0 Å². The van der Waals surface area contributed by atoms with Crippen LogP contribution in [0.4, 0.5) is 0 Å². The van der Waals surface area contributed by atoms with Crippen LogP contribution in [0.2, 0.25) is 0 Å². The van der Waals surface area contributed by atoms with Gasteiger partial charge in [0.2, 0.25) is 10.0 Å². The fraction of sp³-hybridized carbons (Fsp3) is 0.750. The summed E-state index contributed by atoms with van der Waals surface area (Å²) in [6.45, 7) is 5.32. The lowest BCUT2D eigenvalue weighted by atomic mass is 10.1. The predicted octanol–water partition coefficient (Wildman–Crippen LogP) is 0.267. The number of nitrogens with zero attached hydrogens (tertiary/aromatic N) is 5. The molecular formula is C16H29IN6O3S. The Morgan fingerprint density at radius 3 is 2.63 bits per heavy atom. The number of hydrogen-bond acceptors (Lipinski definition) is 6. The summed E-state index contributed by atoms with van der Waals surface area (Å²) in [5.41, 5.74) is 0.437. The van der Waals surface area contributed by atoms with Crippen molar-refractivity contribution in [2.45, 2.75) is 12.2 Å². The zero-order valence-electron chi connectivity index (χ0n) is 15.9.